The highest BCUT2D eigenvalue weighted by Crippen LogP contribution is 2.52. The molecule has 124 valence electrons. The number of carbonyl (C=O) groups excluding carboxylic acids is 3. The number of nitrogens with zero attached hydrogens (tertiary/aromatic N) is 2. The lowest BCUT2D eigenvalue weighted by atomic mass is 9.85. The molecule has 2 aliphatic carbocycles. The van der Waals surface area contributed by atoms with E-state index < -0.39 is 0 Å². The van der Waals surface area contributed by atoms with Crippen LogP contribution in [-0.4, -0.2) is 60.5 Å². The number of allylic oxidation sites excluding steroid dienone is 2. The van der Waals surface area contributed by atoms with Crippen LogP contribution in [0.25, 0.3) is 0 Å². The van der Waals surface area contributed by atoms with Crippen molar-refractivity contribution in [2.75, 3.05) is 32.8 Å². The fraction of sp³-hybridized carbons (Fsp3) is 0.688. The number of fused-ring (bicyclic) bond motifs is 5. The lowest BCUT2D eigenvalue weighted by Crippen LogP contribution is -2.49. The zero-order valence-electron chi connectivity index (χ0n) is 12.9. The van der Waals surface area contributed by atoms with Crippen LogP contribution in [0.4, 0.5) is 0 Å². The van der Waals surface area contributed by atoms with Crippen molar-refractivity contribution in [3.63, 3.8) is 0 Å². The second-order valence-corrected chi connectivity index (χ2v) is 6.71. The Morgan fingerprint density at radius 3 is 2.35 bits per heavy atom. The van der Waals surface area contributed by atoms with Gasteiger partial charge in [0.25, 0.3) is 0 Å². The van der Waals surface area contributed by atoms with Crippen LogP contribution >= 0.6 is 0 Å². The number of carbonyl (C=O) groups is 3. The summed E-state index contributed by atoms with van der Waals surface area (Å²) >= 11 is 0. The zero-order valence-corrected chi connectivity index (χ0v) is 12.9. The summed E-state index contributed by atoms with van der Waals surface area (Å²) in [5.41, 5.74) is 2.81. The molecule has 2 bridgehead atoms. The van der Waals surface area contributed by atoms with Crippen LogP contribution in [0.3, 0.4) is 0 Å². The number of amides is 3. The second kappa shape index (κ2) is 5.72. The Labute approximate surface area is 134 Å². The third-order valence-electron chi connectivity index (χ3n) is 5.42. The fourth-order valence-electron chi connectivity index (χ4n) is 4.31. The van der Waals surface area contributed by atoms with E-state index in [4.69, 9.17) is 4.74 Å². The first-order valence-electron chi connectivity index (χ1n) is 8.31. The van der Waals surface area contributed by atoms with Crippen LogP contribution in [-0.2, 0) is 19.1 Å². The van der Waals surface area contributed by atoms with Gasteiger partial charge in [0.1, 0.15) is 0 Å². The normalized spacial score (nSPS) is 35.9. The highest BCUT2D eigenvalue weighted by atomic mass is 16.5. The molecule has 4 atom stereocenters. The highest BCUT2D eigenvalue weighted by molar-refractivity contribution is 6.06. The van der Waals surface area contributed by atoms with Gasteiger partial charge in [-0.05, 0) is 18.3 Å². The maximum Gasteiger partial charge on any atom is 0.236 e. The third-order valence-corrected chi connectivity index (χ3v) is 5.42. The van der Waals surface area contributed by atoms with Gasteiger partial charge < -0.3 is 4.74 Å². The molecule has 7 heteroatoms. The lowest BCUT2D eigenvalue weighted by molar-refractivity contribution is -0.141. The number of hydrazine groups is 1. The summed E-state index contributed by atoms with van der Waals surface area (Å²) < 4.78 is 5.22. The monoisotopic (exact) mass is 319 g/mol. The van der Waals surface area contributed by atoms with Gasteiger partial charge in [-0.1, -0.05) is 12.2 Å². The van der Waals surface area contributed by atoms with Gasteiger partial charge in [-0.2, -0.15) is 0 Å². The van der Waals surface area contributed by atoms with Gasteiger partial charge in [-0.15, -0.1) is 0 Å². The summed E-state index contributed by atoms with van der Waals surface area (Å²) in [6, 6.07) is 0. The summed E-state index contributed by atoms with van der Waals surface area (Å²) in [4.78, 5) is 38.3. The molecule has 0 aromatic heterocycles. The minimum Gasteiger partial charge on any atom is -0.379 e. The number of ether oxygens (including phenoxy) is 1. The van der Waals surface area contributed by atoms with Crippen molar-refractivity contribution in [3.05, 3.63) is 12.2 Å². The minimum atomic E-state index is -0.181. The van der Waals surface area contributed by atoms with Crippen molar-refractivity contribution >= 4 is 17.7 Å². The summed E-state index contributed by atoms with van der Waals surface area (Å²) in [6.07, 6.45) is 5.23. The molecular weight excluding hydrogens is 298 g/mol. The van der Waals surface area contributed by atoms with Gasteiger partial charge in [0.05, 0.1) is 25.0 Å². The van der Waals surface area contributed by atoms with Gasteiger partial charge in [0.2, 0.25) is 17.7 Å². The van der Waals surface area contributed by atoms with E-state index in [-0.39, 0.29) is 54.4 Å². The van der Waals surface area contributed by atoms with Crippen molar-refractivity contribution in [2.24, 2.45) is 23.7 Å². The summed E-state index contributed by atoms with van der Waals surface area (Å²) in [5, 5.41) is 1.82. The summed E-state index contributed by atoms with van der Waals surface area (Å²) in [7, 11) is 0. The maximum absolute atomic E-state index is 12.5. The Balaban J connectivity index is 1.32. The third kappa shape index (κ3) is 2.48. The smallest absolute Gasteiger partial charge is 0.236 e. The molecule has 2 saturated heterocycles. The number of hydrogen-bond donors (Lipinski definition) is 1. The van der Waals surface area contributed by atoms with Gasteiger partial charge in [0, 0.05) is 26.1 Å². The molecule has 4 rings (SSSR count). The predicted molar refractivity (Wildman–Crippen MR) is 79.6 cm³/mol. The van der Waals surface area contributed by atoms with Crippen LogP contribution in [0.1, 0.15) is 12.8 Å². The van der Waals surface area contributed by atoms with Crippen LogP contribution in [0.15, 0.2) is 12.2 Å². The number of imide groups is 1. The van der Waals surface area contributed by atoms with Crippen molar-refractivity contribution in [2.45, 2.75) is 12.8 Å². The van der Waals surface area contributed by atoms with Gasteiger partial charge >= 0.3 is 0 Å². The van der Waals surface area contributed by atoms with Crippen molar-refractivity contribution < 1.29 is 19.1 Å². The largest absolute Gasteiger partial charge is 0.379 e. The van der Waals surface area contributed by atoms with Gasteiger partial charge in [-0.25, -0.2) is 5.01 Å². The average Bonchev–Trinajstić information content (AvgIpc) is 3.22. The Morgan fingerprint density at radius 2 is 1.74 bits per heavy atom. The Bertz CT molecular complexity index is 540. The van der Waals surface area contributed by atoms with Gasteiger partial charge in [0.15, 0.2) is 0 Å². The molecule has 3 amide bonds. The number of hydrogen-bond acceptors (Lipinski definition) is 5. The van der Waals surface area contributed by atoms with E-state index >= 15 is 0 Å². The summed E-state index contributed by atoms with van der Waals surface area (Å²) in [6.45, 7) is 2.70. The molecule has 0 aromatic rings. The van der Waals surface area contributed by atoms with Crippen LogP contribution < -0.4 is 5.43 Å². The van der Waals surface area contributed by atoms with E-state index in [1.165, 1.54) is 4.90 Å². The number of likely N-dealkylation sites (tertiary alicyclic amines) is 1. The number of morpholine rings is 1. The first kappa shape index (κ1) is 14.8. The second-order valence-electron chi connectivity index (χ2n) is 6.71. The fourth-order valence-corrected chi connectivity index (χ4v) is 4.31. The molecule has 1 N–H and O–H groups in total. The first-order chi connectivity index (χ1) is 11.1. The first-order valence-corrected chi connectivity index (χ1v) is 8.31. The van der Waals surface area contributed by atoms with Crippen molar-refractivity contribution in [1.29, 1.82) is 0 Å². The van der Waals surface area contributed by atoms with E-state index in [0.29, 0.717) is 26.3 Å². The molecule has 0 spiro atoms. The molecule has 0 aromatic carbocycles. The molecule has 3 fully saturated rings. The van der Waals surface area contributed by atoms with E-state index in [1.54, 1.807) is 0 Å². The number of rotatable bonds is 4. The number of nitrogens with one attached hydrogen (secondary N) is 1. The Morgan fingerprint density at radius 1 is 1.13 bits per heavy atom. The molecule has 2 aliphatic heterocycles. The molecule has 23 heavy (non-hydrogen) atoms. The van der Waals surface area contributed by atoms with E-state index in [9.17, 15) is 14.4 Å². The quantitative estimate of drug-likeness (QED) is 0.561. The molecule has 4 aliphatic rings. The van der Waals surface area contributed by atoms with E-state index in [2.05, 4.69) is 17.6 Å². The van der Waals surface area contributed by atoms with Crippen molar-refractivity contribution in [1.82, 2.24) is 15.3 Å². The standard InChI is InChI=1S/C16H21N3O4/c20-12(17-18-5-7-23-8-6-18)3-4-19-15(21)13-10-1-2-11(9-10)14(13)16(19)22/h1-2,10-11,13-14H,3-9H2,(H,17,20). The molecule has 1 saturated carbocycles. The predicted octanol–water partition coefficient (Wildman–Crippen LogP) is -0.453. The van der Waals surface area contributed by atoms with Crippen molar-refractivity contribution in [3.8, 4) is 0 Å². The zero-order chi connectivity index (χ0) is 16.0. The minimum absolute atomic E-state index is 0.0870. The lowest BCUT2D eigenvalue weighted by Gasteiger charge is -2.27. The Kier molecular flexibility index (Phi) is 3.69. The highest BCUT2D eigenvalue weighted by Gasteiger charge is 2.58. The topological polar surface area (TPSA) is 79.0 Å². The van der Waals surface area contributed by atoms with E-state index in [1.807, 2.05) is 5.01 Å². The average molecular weight is 319 g/mol. The van der Waals surface area contributed by atoms with E-state index in [0.717, 1.165) is 6.42 Å². The maximum atomic E-state index is 12.5. The molecular formula is C16H21N3O4. The molecule has 0 radical (unpaired) electrons. The van der Waals surface area contributed by atoms with Crippen LogP contribution in [0, 0.1) is 23.7 Å². The molecule has 7 nitrogen and oxygen atoms in total. The Hall–Kier alpha value is -1.73. The van der Waals surface area contributed by atoms with Crippen LogP contribution in [0.5, 0.6) is 0 Å². The molecule has 2 heterocycles. The van der Waals surface area contributed by atoms with Gasteiger partial charge in [-0.3, -0.25) is 24.7 Å². The summed E-state index contributed by atoms with van der Waals surface area (Å²) in [5.74, 6) is -0.264. The molecule has 4 unspecified atom stereocenters. The SMILES string of the molecule is O=C(CCN1C(=O)C2C3C=CC(C3)C2C1=O)NN1CCOCC1. The van der Waals surface area contributed by atoms with Crippen LogP contribution in [0.2, 0.25) is 0 Å².